The van der Waals surface area contributed by atoms with Crippen LogP contribution in [0.2, 0.25) is 0 Å². The molecule has 5 rings (SSSR count). The molecule has 0 saturated heterocycles. The van der Waals surface area contributed by atoms with E-state index in [1.807, 2.05) is 13.0 Å². The van der Waals surface area contributed by atoms with Crippen LogP contribution in [0.15, 0.2) is 54.1 Å². The molecular weight excluding hydrogens is 496 g/mol. The van der Waals surface area contributed by atoms with Gasteiger partial charge in [-0.3, -0.25) is 14.4 Å². The van der Waals surface area contributed by atoms with Crippen molar-refractivity contribution in [3.63, 3.8) is 0 Å². The van der Waals surface area contributed by atoms with Crippen molar-refractivity contribution in [1.82, 2.24) is 0 Å². The van der Waals surface area contributed by atoms with Gasteiger partial charge in [-0.15, -0.1) is 0 Å². The quantitative estimate of drug-likeness (QED) is 0.531. The number of fused-ring (bicyclic) bond motifs is 5. The SMILES string of the molecule is CCC(=O)O[C@]1(C(=O)COC(=O)c2ccccc2)CC[C@H]2[C@@H]3C[C@H](C)C4=CC(=O)C=C[C@]4(C)[C@H]3[C@@H](O)C[C@@]21C. The first-order valence-electron chi connectivity index (χ1n) is 14.1. The third kappa shape index (κ3) is 4.21. The molecule has 1 aromatic carbocycles. The van der Waals surface area contributed by atoms with Crippen molar-refractivity contribution in [2.24, 2.45) is 34.5 Å². The Bertz CT molecular complexity index is 1250. The number of aliphatic hydroxyl groups is 1. The average Bonchev–Trinajstić information content (AvgIpc) is 3.20. The fourth-order valence-corrected chi connectivity index (χ4v) is 8.59. The highest BCUT2D eigenvalue weighted by atomic mass is 16.6. The zero-order chi connectivity index (χ0) is 28.2. The number of aliphatic hydroxyl groups excluding tert-OH is 1. The van der Waals surface area contributed by atoms with E-state index in [1.165, 1.54) is 0 Å². The number of Topliss-reactive ketones (excluding diaryl/α,β-unsaturated/α-hetero) is 1. The molecule has 1 aromatic rings. The Morgan fingerprint density at radius 1 is 1.13 bits per heavy atom. The number of rotatable bonds is 6. The second-order valence-corrected chi connectivity index (χ2v) is 12.3. The number of carbonyl (C=O) groups is 4. The van der Waals surface area contributed by atoms with Crippen molar-refractivity contribution in [2.75, 3.05) is 6.61 Å². The number of hydrogen-bond acceptors (Lipinski definition) is 7. The lowest BCUT2D eigenvalue weighted by molar-refractivity contribution is -0.201. The minimum absolute atomic E-state index is 0.0104. The third-order valence-electron chi connectivity index (χ3n) is 10.3. The Labute approximate surface area is 229 Å². The number of benzene rings is 1. The molecule has 0 amide bonds. The van der Waals surface area contributed by atoms with Crippen LogP contribution in [0.5, 0.6) is 0 Å². The van der Waals surface area contributed by atoms with Crippen LogP contribution in [0.4, 0.5) is 0 Å². The van der Waals surface area contributed by atoms with Gasteiger partial charge in [-0.1, -0.05) is 57.5 Å². The second kappa shape index (κ2) is 9.84. The summed E-state index contributed by atoms with van der Waals surface area (Å²) in [5.41, 5.74) is -1.39. The number of ketones is 2. The molecule has 7 heteroatoms. The van der Waals surface area contributed by atoms with Crippen LogP contribution in [-0.4, -0.2) is 46.9 Å². The smallest absolute Gasteiger partial charge is 0.338 e. The molecule has 3 saturated carbocycles. The van der Waals surface area contributed by atoms with E-state index in [0.29, 0.717) is 18.4 Å². The van der Waals surface area contributed by atoms with Crippen molar-refractivity contribution >= 4 is 23.5 Å². The molecule has 208 valence electrons. The molecule has 8 atom stereocenters. The predicted molar refractivity (Wildman–Crippen MR) is 143 cm³/mol. The lowest BCUT2D eigenvalue weighted by Gasteiger charge is -2.61. The maximum absolute atomic E-state index is 14.0. The molecule has 4 aliphatic carbocycles. The topological polar surface area (TPSA) is 107 Å². The summed E-state index contributed by atoms with van der Waals surface area (Å²) in [5.74, 6) is -1.48. The van der Waals surface area contributed by atoms with Crippen molar-refractivity contribution < 1.29 is 33.8 Å². The zero-order valence-corrected chi connectivity index (χ0v) is 23.1. The van der Waals surface area contributed by atoms with Crippen LogP contribution in [-0.2, 0) is 23.9 Å². The number of allylic oxidation sites excluding steroid dienone is 4. The Kier molecular flexibility index (Phi) is 6.94. The molecule has 1 N–H and O–H groups in total. The van der Waals surface area contributed by atoms with Gasteiger partial charge in [0.25, 0.3) is 0 Å². The maximum Gasteiger partial charge on any atom is 0.338 e. The van der Waals surface area contributed by atoms with Gasteiger partial charge in [0.15, 0.2) is 18.0 Å². The molecule has 0 heterocycles. The van der Waals surface area contributed by atoms with Crippen LogP contribution < -0.4 is 0 Å². The van der Waals surface area contributed by atoms with Crippen molar-refractivity contribution in [3.8, 4) is 0 Å². The van der Waals surface area contributed by atoms with Crippen LogP contribution in [0.1, 0.15) is 70.2 Å². The molecule has 7 nitrogen and oxygen atoms in total. The van der Waals surface area contributed by atoms with E-state index in [4.69, 9.17) is 9.47 Å². The largest absolute Gasteiger partial charge is 0.454 e. The van der Waals surface area contributed by atoms with Gasteiger partial charge in [0, 0.05) is 23.2 Å². The summed E-state index contributed by atoms with van der Waals surface area (Å²) in [6, 6.07) is 8.45. The van der Waals surface area contributed by atoms with E-state index < -0.39 is 46.9 Å². The number of carbonyl (C=O) groups excluding carboxylic acids is 4. The van der Waals surface area contributed by atoms with Crippen LogP contribution >= 0.6 is 0 Å². The lowest BCUT2D eigenvalue weighted by atomic mass is 9.44. The molecule has 0 spiro atoms. The Balaban J connectivity index is 1.48. The van der Waals surface area contributed by atoms with E-state index in [0.717, 1.165) is 12.0 Å². The first-order chi connectivity index (χ1) is 18.5. The number of ether oxygens (including phenoxy) is 2. The summed E-state index contributed by atoms with van der Waals surface area (Å²) in [6.07, 6.45) is 6.65. The molecule has 0 bridgehead atoms. The first-order valence-corrected chi connectivity index (χ1v) is 14.1. The van der Waals surface area contributed by atoms with Gasteiger partial charge in [-0.05, 0) is 67.7 Å². The summed E-state index contributed by atoms with van der Waals surface area (Å²) in [7, 11) is 0. The van der Waals surface area contributed by atoms with Crippen LogP contribution in [0.3, 0.4) is 0 Å². The Hall–Kier alpha value is -3.06. The molecule has 4 aliphatic rings. The minimum Gasteiger partial charge on any atom is -0.454 e. The van der Waals surface area contributed by atoms with E-state index in [-0.39, 0.29) is 42.3 Å². The van der Waals surface area contributed by atoms with Gasteiger partial charge in [-0.2, -0.15) is 0 Å². The van der Waals surface area contributed by atoms with E-state index in [9.17, 15) is 24.3 Å². The molecule has 0 unspecified atom stereocenters. The first kappa shape index (κ1) is 27.5. The molecule has 0 radical (unpaired) electrons. The van der Waals surface area contributed by atoms with Crippen molar-refractivity contribution in [3.05, 3.63) is 59.7 Å². The highest BCUT2D eigenvalue weighted by Crippen LogP contribution is 2.68. The summed E-state index contributed by atoms with van der Waals surface area (Å²) in [6.45, 7) is 7.36. The second-order valence-electron chi connectivity index (χ2n) is 12.3. The summed E-state index contributed by atoms with van der Waals surface area (Å²) in [5, 5.41) is 11.8. The molecule has 0 aliphatic heterocycles. The van der Waals surface area contributed by atoms with E-state index in [1.54, 1.807) is 49.4 Å². The van der Waals surface area contributed by atoms with Gasteiger partial charge < -0.3 is 14.6 Å². The maximum atomic E-state index is 14.0. The monoisotopic (exact) mass is 534 g/mol. The van der Waals surface area contributed by atoms with Crippen LogP contribution in [0.25, 0.3) is 0 Å². The summed E-state index contributed by atoms with van der Waals surface area (Å²) >= 11 is 0. The number of hydrogen-bond donors (Lipinski definition) is 1. The normalized spacial score (nSPS) is 38.6. The standard InChI is InChI=1S/C32H38O7/c1-5-27(36)39-32(26(35)18-38-29(37)20-9-7-6-8-10-20)14-12-23-22-15-19(2)24-16-21(33)11-13-30(24,3)28(22)25(34)17-31(23,32)4/h6-11,13,16,19,22-23,25,28,34H,5,12,14-15,17-18H2,1-4H3/t19-,22-,23-,25-,28+,30-,31-,32-/m0/s1. The third-order valence-corrected chi connectivity index (χ3v) is 10.3. The van der Waals surface area contributed by atoms with Crippen molar-refractivity contribution in [1.29, 1.82) is 0 Å². The van der Waals surface area contributed by atoms with Crippen LogP contribution in [0, 0.1) is 34.5 Å². The lowest BCUT2D eigenvalue weighted by Crippen LogP contribution is -2.63. The number of esters is 2. The summed E-state index contributed by atoms with van der Waals surface area (Å²) < 4.78 is 11.5. The molecule has 39 heavy (non-hydrogen) atoms. The molecular formula is C32H38O7. The van der Waals surface area contributed by atoms with Crippen molar-refractivity contribution in [2.45, 2.75) is 71.5 Å². The highest BCUT2D eigenvalue weighted by Gasteiger charge is 2.70. The van der Waals surface area contributed by atoms with Gasteiger partial charge in [0.2, 0.25) is 5.78 Å². The fourth-order valence-electron chi connectivity index (χ4n) is 8.59. The average molecular weight is 535 g/mol. The Morgan fingerprint density at radius 2 is 1.85 bits per heavy atom. The van der Waals surface area contributed by atoms with E-state index >= 15 is 0 Å². The van der Waals surface area contributed by atoms with E-state index in [2.05, 4.69) is 13.8 Å². The van der Waals surface area contributed by atoms with Gasteiger partial charge in [0.05, 0.1) is 11.7 Å². The predicted octanol–water partition coefficient (Wildman–Crippen LogP) is 4.63. The fraction of sp³-hybridized carbons (Fsp3) is 0.562. The summed E-state index contributed by atoms with van der Waals surface area (Å²) in [4.78, 5) is 51.6. The van der Waals surface area contributed by atoms with Gasteiger partial charge >= 0.3 is 11.9 Å². The minimum atomic E-state index is -1.49. The van der Waals surface area contributed by atoms with Gasteiger partial charge in [0.1, 0.15) is 0 Å². The highest BCUT2D eigenvalue weighted by molar-refractivity contribution is 6.01. The van der Waals surface area contributed by atoms with Gasteiger partial charge in [-0.25, -0.2) is 4.79 Å². The molecule has 3 fully saturated rings. The molecule has 0 aromatic heterocycles. The Morgan fingerprint density at radius 3 is 2.54 bits per heavy atom. The zero-order valence-electron chi connectivity index (χ0n) is 23.1.